The highest BCUT2D eigenvalue weighted by atomic mass is 35.5. The molecule has 0 radical (unpaired) electrons. The number of likely N-dealkylation sites (N-methyl/N-ethyl adjacent to an activating group) is 1. The van der Waals surface area contributed by atoms with E-state index in [0.717, 1.165) is 17.4 Å². The van der Waals surface area contributed by atoms with E-state index < -0.39 is 0 Å². The van der Waals surface area contributed by atoms with Crippen molar-refractivity contribution in [1.29, 1.82) is 0 Å². The Bertz CT molecular complexity index is 562. The second-order valence-corrected chi connectivity index (χ2v) is 5.06. The van der Waals surface area contributed by atoms with Gasteiger partial charge in [-0.25, -0.2) is 0 Å². The van der Waals surface area contributed by atoms with E-state index in [0.29, 0.717) is 17.3 Å². The highest BCUT2D eigenvalue weighted by molar-refractivity contribution is 6.31. The van der Waals surface area contributed by atoms with Gasteiger partial charge in [-0.2, -0.15) is 0 Å². The Balaban J connectivity index is 2.08. The number of hydrogen-bond donors (Lipinski definition) is 3. The number of aromatic nitrogens is 1. The molecule has 18 heavy (non-hydrogen) atoms. The molecule has 96 valence electrons. The Morgan fingerprint density at radius 3 is 2.89 bits per heavy atom. The van der Waals surface area contributed by atoms with Gasteiger partial charge >= 0.3 is 0 Å². The topological polar surface area (TPSA) is 49.3 Å². The lowest BCUT2D eigenvalue weighted by Gasteiger charge is -2.07. The average Bonchev–Trinajstić information content (AvgIpc) is 2.71. The van der Waals surface area contributed by atoms with Crippen molar-refractivity contribution < 1.29 is 9.69 Å². The van der Waals surface area contributed by atoms with Crippen molar-refractivity contribution in [3.63, 3.8) is 0 Å². The van der Waals surface area contributed by atoms with Gasteiger partial charge in [-0.15, -0.1) is 0 Å². The van der Waals surface area contributed by atoms with Gasteiger partial charge in [0, 0.05) is 15.9 Å². The van der Waals surface area contributed by atoms with Crippen LogP contribution < -0.4 is 10.2 Å². The molecule has 0 aliphatic carbocycles. The van der Waals surface area contributed by atoms with Gasteiger partial charge in [0.1, 0.15) is 5.69 Å². The number of nitrogens with one attached hydrogen (secondary N) is 3. The maximum Gasteiger partial charge on any atom is 0.267 e. The molecule has 0 unspecified atom stereocenters. The normalized spacial score (nSPS) is 11.1. The van der Waals surface area contributed by atoms with Gasteiger partial charge in [0.2, 0.25) is 0 Å². The molecule has 5 heteroatoms. The van der Waals surface area contributed by atoms with Crippen LogP contribution in [0, 0.1) is 0 Å². The van der Waals surface area contributed by atoms with Crippen LogP contribution in [0.15, 0.2) is 24.3 Å². The van der Waals surface area contributed by atoms with Gasteiger partial charge in [0.15, 0.2) is 0 Å². The number of hydrogen-bond acceptors (Lipinski definition) is 1. The molecule has 2 rings (SSSR count). The molecule has 0 saturated carbocycles. The van der Waals surface area contributed by atoms with Gasteiger partial charge in [-0.05, 0) is 24.3 Å². The summed E-state index contributed by atoms with van der Waals surface area (Å²) in [5, 5.41) is 4.50. The lowest BCUT2D eigenvalue weighted by atomic mass is 10.2. The van der Waals surface area contributed by atoms with E-state index in [9.17, 15) is 4.79 Å². The molecule has 0 spiro atoms. The van der Waals surface area contributed by atoms with E-state index in [1.807, 2.05) is 18.2 Å². The summed E-state index contributed by atoms with van der Waals surface area (Å²) >= 11 is 5.91. The maximum absolute atomic E-state index is 11.9. The van der Waals surface area contributed by atoms with Crippen LogP contribution >= 0.6 is 11.6 Å². The standard InChI is InChI=1S/C13H16ClN3O/c1-17(2)6-5-15-13(18)12-8-9-7-10(14)3-4-11(9)16-12/h3-4,7-8,16H,5-6H2,1-2H3,(H,15,18)/p+1. The number of aromatic amines is 1. The van der Waals surface area contributed by atoms with Crippen molar-refractivity contribution in [2.75, 3.05) is 27.2 Å². The first-order valence-electron chi connectivity index (χ1n) is 5.92. The summed E-state index contributed by atoms with van der Waals surface area (Å²) in [6.45, 7) is 1.56. The van der Waals surface area contributed by atoms with Crippen LogP contribution in [0.5, 0.6) is 0 Å². The van der Waals surface area contributed by atoms with E-state index in [1.54, 1.807) is 6.07 Å². The van der Waals surface area contributed by atoms with E-state index >= 15 is 0 Å². The summed E-state index contributed by atoms with van der Waals surface area (Å²) < 4.78 is 0. The van der Waals surface area contributed by atoms with Gasteiger partial charge in [-0.3, -0.25) is 4.79 Å². The van der Waals surface area contributed by atoms with E-state index in [-0.39, 0.29) is 5.91 Å². The zero-order chi connectivity index (χ0) is 13.1. The summed E-state index contributed by atoms with van der Waals surface area (Å²) in [5.74, 6) is -0.0800. The summed E-state index contributed by atoms with van der Waals surface area (Å²) in [6.07, 6.45) is 0. The summed E-state index contributed by atoms with van der Waals surface area (Å²) in [4.78, 5) is 16.3. The third-order valence-electron chi connectivity index (χ3n) is 2.74. The first kappa shape index (κ1) is 12.9. The van der Waals surface area contributed by atoms with Crippen LogP contribution in [-0.4, -0.2) is 38.1 Å². The Morgan fingerprint density at radius 2 is 2.17 bits per heavy atom. The molecule has 3 N–H and O–H groups in total. The molecule has 1 heterocycles. The number of halogens is 1. The van der Waals surface area contributed by atoms with Gasteiger partial charge in [0.05, 0.1) is 27.2 Å². The Hall–Kier alpha value is -1.52. The highest BCUT2D eigenvalue weighted by Crippen LogP contribution is 2.19. The van der Waals surface area contributed by atoms with E-state index in [4.69, 9.17) is 11.6 Å². The maximum atomic E-state index is 11.9. The second kappa shape index (κ2) is 5.42. The zero-order valence-corrected chi connectivity index (χ0v) is 11.3. The minimum Gasteiger partial charge on any atom is -0.351 e. The molecule has 0 aliphatic heterocycles. The van der Waals surface area contributed by atoms with Crippen molar-refractivity contribution in [2.24, 2.45) is 0 Å². The molecular formula is C13H17ClN3O+. The molecule has 0 bridgehead atoms. The van der Waals surface area contributed by atoms with Crippen LogP contribution in [0.3, 0.4) is 0 Å². The molecule has 1 aromatic carbocycles. The van der Waals surface area contributed by atoms with Crippen LogP contribution in [0.25, 0.3) is 10.9 Å². The Morgan fingerprint density at radius 1 is 1.39 bits per heavy atom. The van der Waals surface area contributed by atoms with Gasteiger partial charge < -0.3 is 15.2 Å². The van der Waals surface area contributed by atoms with E-state index in [2.05, 4.69) is 24.4 Å². The minimum atomic E-state index is -0.0800. The number of carbonyl (C=O) groups excluding carboxylic acids is 1. The fourth-order valence-corrected chi connectivity index (χ4v) is 1.93. The third-order valence-corrected chi connectivity index (χ3v) is 2.97. The number of H-pyrrole nitrogens is 1. The molecule has 0 saturated heterocycles. The van der Waals surface area contributed by atoms with Crippen molar-refractivity contribution in [3.8, 4) is 0 Å². The fourth-order valence-electron chi connectivity index (χ4n) is 1.75. The number of fused-ring (bicyclic) bond motifs is 1. The summed E-state index contributed by atoms with van der Waals surface area (Å²) in [7, 11) is 4.11. The van der Waals surface area contributed by atoms with Crippen molar-refractivity contribution in [1.82, 2.24) is 10.3 Å². The lowest BCUT2D eigenvalue weighted by molar-refractivity contribution is -0.856. The van der Waals surface area contributed by atoms with Crippen molar-refractivity contribution >= 4 is 28.4 Å². The zero-order valence-electron chi connectivity index (χ0n) is 10.5. The van der Waals surface area contributed by atoms with Crippen molar-refractivity contribution in [2.45, 2.75) is 0 Å². The number of rotatable bonds is 4. The molecule has 1 amide bonds. The number of benzene rings is 1. The number of amides is 1. The van der Waals surface area contributed by atoms with Crippen LogP contribution in [0.4, 0.5) is 0 Å². The molecule has 4 nitrogen and oxygen atoms in total. The fraction of sp³-hybridized carbons (Fsp3) is 0.308. The molecule has 1 aromatic heterocycles. The molecule has 0 aliphatic rings. The molecular weight excluding hydrogens is 250 g/mol. The van der Waals surface area contributed by atoms with Gasteiger partial charge in [0.25, 0.3) is 5.91 Å². The number of quaternary nitrogens is 1. The van der Waals surface area contributed by atoms with Crippen LogP contribution in [-0.2, 0) is 0 Å². The first-order valence-corrected chi connectivity index (χ1v) is 6.29. The predicted octanol–water partition coefficient (Wildman–Crippen LogP) is 0.696. The smallest absolute Gasteiger partial charge is 0.267 e. The molecule has 0 atom stereocenters. The Kier molecular flexibility index (Phi) is 3.89. The van der Waals surface area contributed by atoms with Gasteiger partial charge in [-0.1, -0.05) is 11.6 Å². The quantitative estimate of drug-likeness (QED) is 0.750. The first-order chi connectivity index (χ1) is 8.56. The monoisotopic (exact) mass is 266 g/mol. The second-order valence-electron chi connectivity index (χ2n) is 4.63. The third kappa shape index (κ3) is 3.03. The Labute approximate surface area is 111 Å². The summed E-state index contributed by atoms with van der Waals surface area (Å²) in [6, 6.07) is 7.34. The number of carbonyl (C=O) groups is 1. The largest absolute Gasteiger partial charge is 0.351 e. The highest BCUT2D eigenvalue weighted by Gasteiger charge is 2.09. The van der Waals surface area contributed by atoms with Crippen LogP contribution in [0.2, 0.25) is 5.02 Å². The lowest BCUT2D eigenvalue weighted by Crippen LogP contribution is -3.06. The molecule has 0 fully saturated rings. The summed E-state index contributed by atoms with van der Waals surface area (Å²) in [5.41, 5.74) is 1.49. The average molecular weight is 267 g/mol. The minimum absolute atomic E-state index is 0.0800. The molecule has 2 aromatic rings. The predicted molar refractivity (Wildman–Crippen MR) is 73.3 cm³/mol. The SMILES string of the molecule is C[NH+](C)CCNC(=O)c1cc2cc(Cl)ccc2[nH]1. The van der Waals surface area contributed by atoms with Crippen molar-refractivity contribution in [3.05, 3.63) is 35.0 Å². The van der Waals surface area contributed by atoms with E-state index in [1.165, 1.54) is 4.90 Å². The van der Waals surface area contributed by atoms with Crippen LogP contribution in [0.1, 0.15) is 10.5 Å².